The molecule has 94 valence electrons. The number of aryl methyl sites for hydroxylation is 1. The van der Waals surface area contributed by atoms with Crippen LogP contribution in [0.2, 0.25) is 0 Å². The average molecular weight is 237 g/mol. The summed E-state index contributed by atoms with van der Waals surface area (Å²) in [4.78, 5) is 16.1. The summed E-state index contributed by atoms with van der Waals surface area (Å²) in [6, 6.07) is 0.323. The van der Waals surface area contributed by atoms with Crippen molar-refractivity contribution in [2.75, 3.05) is 14.2 Å². The van der Waals surface area contributed by atoms with Crippen LogP contribution >= 0.6 is 0 Å². The minimum atomic E-state index is -0.532. The molecule has 0 amide bonds. The molecule has 0 radical (unpaired) electrons. The molecule has 0 spiro atoms. The first-order valence-electron chi connectivity index (χ1n) is 5.90. The molecule has 5 heteroatoms. The molecule has 2 rings (SSSR count). The van der Waals surface area contributed by atoms with Crippen LogP contribution in [0.25, 0.3) is 0 Å². The first-order valence-corrected chi connectivity index (χ1v) is 5.90. The van der Waals surface area contributed by atoms with Crippen LogP contribution < -0.4 is 5.32 Å². The predicted molar refractivity (Wildman–Crippen MR) is 63.7 cm³/mol. The number of rotatable bonds is 3. The third-order valence-electron chi connectivity index (χ3n) is 3.80. The first kappa shape index (κ1) is 12.1. The Morgan fingerprint density at radius 1 is 1.71 bits per heavy atom. The summed E-state index contributed by atoms with van der Waals surface area (Å²) in [5.74, 6) is 0.826. The standard InChI is InChI=1S/C12H19N3O2/c1-9-14-6-7-15(9)10-4-5-12(8-10,13-2)11(16)17-3/h6-7,10,13H,4-5,8H2,1-3H3. The summed E-state index contributed by atoms with van der Waals surface area (Å²) in [7, 11) is 3.26. The van der Waals surface area contributed by atoms with E-state index in [0.29, 0.717) is 6.04 Å². The summed E-state index contributed by atoms with van der Waals surface area (Å²) >= 11 is 0. The van der Waals surface area contributed by atoms with Gasteiger partial charge in [-0.25, -0.2) is 4.98 Å². The Kier molecular flexibility index (Phi) is 3.19. The van der Waals surface area contributed by atoms with E-state index in [1.165, 1.54) is 7.11 Å². The SMILES string of the molecule is CNC1(C(=O)OC)CCC(n2ccnc2C)C1. The predicted octanol–water partition coefficient (Wildman–Crippen LogP) is 1.05. The normalized spacial score (nSPS) is 28.3. The summed E-state index contributed by atoms with van der Waals surface area (Å²) < 4.78 is 7.04. The molecule has 17 heavy (non-hydrogen) atoms. The number of hydrogen-bond acceptors (Lipinski definition) is 4. The number of nitrogens with one attached hydrogen (secondary N) is 1. The van der Waals surface area contributed by atoms with Crippen molar-refractivity contribution < 1.29 is 9.53 Å². The van der Waals surface area contributed by atoms with Gasteiger partial charge in [-0.2, -0.15) is 0 Å². The van der Waals surface area contributed by atoms with Gasteiger partial charge in [-0.05, 0) is 33.2 Å². The molecule has 2 unspecified atom stereocenters. The number of carbonyl (C=O) groups is 1. The highest BCUT2D eigenvalue weighted by Crippen LogP contribution is 2.38. The van der Waals surface area contributed by atoms with Gasteiger partial charge in [-0.3, -0.25) is 4.79 Å². The Labute approximate surface area is 101 Å². The Hall–Kier alpha value is -1.36. The number of carbonyl (C=O) groups excluding carboxylic acids is 1. The highest BCUT2D eigenvalue weighted by Gasteiger charge is 2.45. The van der Waals surface area contributed by atoms with E-state index in [9.17, 15) is 4.79 Å². The molecule has 1 heterocycles. The zero-order valence-electron chi connectivity index (χ0n) is 10.6. The molecule has 0 aromatic carbocycles. The third kappa shape index (κ3) is 1.95. The minimum Gasteiger partial charge on any atom is -0.468 e. The van der Waals surface area contributed by atoms with Crippen molar-refractivity contribution >= 4 is 5.97 Å². The zero-order chi connectivity index (χ0) is 12.5. The van der Waals surface area contributed by atoms with E-state index in [0.717, 1.165) is 25.1 Å². The Bertz CT molecular complexity index is 416. The largest absolute Gasteiger partial charge is 0.468 e. The Morgan fingerprint density at radius 2 is 2.47 bits per heavy atom. The molecule has 0 saturated heterocycles. The first-order chi connectivity index (χ1) is 8.13. The summed E-state index contributed by atoms with van der Waals surface area (Å²) in [5, 5.41) is 3.13. The maximum absolute atomic E-state index is 11.9. The lowest BCUT2D eigenvalue weighted by molar-refractivity contribution is -0.148. The van der Waals surface area contributed by atoms with Crippen LogP contribution in [0, 0.1) is 6.92 Å². The fourth-order valence-corrected chi connectivity index (χ4v) is 2.74. The molecule has 0 aliphatic heterocycles. The fourth-order valence-electron chi connectivity index (χ4n) is 2.74. The van der Waals surface area contributed by atoms with Gasteiger partial charge in [0.05, 0.1) is 7.11 Å². The topological polar surface area (TPSA) is 56.1 Å². The van der Waals surface area contributed by atoms with Gasteiger partial charge in [-0.15, -0.1) is 0 Å². The van der Waals surface area contributed by atoms with Gasteiger partial charge in [-0.1, -0.05) is 0 Å². The quantitative estimate of drug-likeness (QED) is 0.798. The van der Waals surface area contributed by atoms with Crippen LogP contribution in [-0.2, 0) is 9.53 Å². The lowest BCUT2D eigenvalue weighted by Gasteiger charge is -2.26. The molecule has 1 aromatic heterocycles. The van der Waals surface area contributed by atoms with Crippen LogP contribution in [0.4, 0.5) is 0 Å². The van der Waals surface area contributed by atoms with E-state index >= 15 is 0 Å². The second-order valence-electron chi connectivity index (χ2n) is 4.60. The molecule has 1 fully saturated rings. The van der Waals surface area contributed by atoms with E-state index in [1.54, 1.807) is 6.20 Å². The number of aromatic nitrogens is 2. The van der Waals surface area contributed by atoms with Gasteiger partial charge in [0, 0.05) is 18.4 Å². The summed E-state index contributed by atoms with van der Waals surface area (Å²) in [6.45, 7) is 1.98. The highest BCUT2D eigenvalue weighted by atomic mass is 16.5. The maximum Gasteiger partial charge on any atom is 0.326 e. The number of likely N-dealkylation sites (N-methyl/N-ethyl adjacent to an activating group) is 1. The van der Waals surface area contributed by atoms with Gasteiger partial charge < -0.3 is 14.6 Å². The molecule has 1 aliphatic carbocycles. The molecule has 1 aliphatic rings. The zero-order valence-corrected chi connectivity index (χ0v) is 10.6. The van der Waals surface area contributed by atoms with Crippen LogP contribution in [0.5, 0.6) is 0 Å². The van der Waals surface area contributed by atoms with Crippen molar-refractivity contribution in [1.82, 2.24) is 14.9 Å². The van der Waals surface area contributed by atoms with E-state index in [1.807, 2.05) is 20.2 Å². The number of nitrogens with zero attached hydrogens (tertiary/aromatic N) is 2. The third-order valence-corrected chi connectivity index (χ3v) is 3.80. The van der Waals surface area contributed by atoms with Gasteiger partial charge in [0.1, 0.15) is 11.4 Å². The van der Waals surface area contributed by atoms with E-state index in [4.69, 9.17) is 4.74 Å². The van der Waals surface area contributed by atoms with Gasteiger partial charge in [0.25, 0.3) is 0 Å². The van der Waals surface area contributed by atoms with Crippen molar-refractivity contribution in [3.05, 3.63) is 18.2 Å². The number of methoxy groups -OCH3 is 1. The average Bonchev–Trinajstić information content (AvgIpc) is 2.94. The number of ether oxygens (including phenoxy) is 1. The second-order valence-corrected chi connectivity index (χ2v) is 4.60. The molecule has 5 nitrogen and oxygen atoms in total. The van der Waals surface area contributed by atoms with Crippen molar-refractivity contribution in [3.63, 3.8) is 0 Å². The van der Waals surface area contributed by atoms with E-state index < -0.39 is 5.54 Å². The van der Waals surface area contributed by atoms with Gasteiger partial charge in [0.15, 0.2) is 0 Å². The smallest absolute Gasteiger partial charge is 0.326 e. The Morgan fingerprint density at radius 3 is 3.00 bits per heavy atom. The van der Waals surface area contributed by atoms with Crippen molar-refractivity contribution in [2.24, 2.45) is 0 Å². The number of imidazole rings is 1. The van der Waals surface area contributed by atoms with Crippen molar-refractivity contribution in [2.45, 2.75) is 37.8 Å². The van der Waals surface area contributed by atoms with Crippen LogP contribution in [0.15, 0.2) is 12.4 Å². The van der Waals surface area contributed by atoms with Crippen LogP contribution in [0.3, 0.4) is 0 Å². The van der Waals surface area contributed by atoms with Crippen molar-refractivity contribution in [1.29, 1.82) is 0 Å². The molecule has 1 aromatic rings. The summed E-state index contributed by atoms with van der Waals surface area (Å²) in [5.41, 5.74) is -0.532. The minimum absolute atomic E-state index is 0.166. The number of esters is 1. The van der Waals surface area contributed by atoms with E-state index in [2.05, 4.69) is 14.9 Å². The monoisotopic (exact) mass is 237 g/mol. The van der Waals surface area contributed by atoms with Gasteiger partial charge in [0.2, 0.25) is 0 Å². The summed E-state index contributed by atoms with van der Waals surface area (Å²) in [6.07, 6.45) is 6.30. The molecule has 0 bridgehead atoms. The van der Waals surface area contributed by atoms with Crippen LogP contribution in [-0.4, -0.2) is 35.2 Å². The van der Waals surface area contributed by atoms with E-state index in [-0.39, 0.29) is 5.97 Å². The maximum atomic E-state index is 11.9. The second kappa shape index (κ2) is 4.49. The lowest BCUT2D eigenvalue weighted by atomic mass is 9.98. The highest BCUT2D eigenvalue weighted by molar-refractivity contribution is 5.81. The fraction of sp³-hybridized carbons (Fsp3) is 0.667. The molecular weight excluding hydrogens is 218 g/mol. The van der Waals surface area contributed by atoms with Gasteiger partial charge >= 0.3 is 5.97 Å². The molecule has 2 atom stereocenters. The Balaban J connectivity index is 2.18. The van der Waals surface area contributed by atoms with Crippen molar-refractivity contribution in [3.8, 4) is 0 Å². The molecule has 1 saturated carbocycles. The molecule has 1 N–H and O–H groups in total. The molecular formula is C12H19N3O2. The lowest BCUT2D eigenvalue weighted by Crippen LogP contribution is -2.49. The van der Waals surface area contributed by atoms with Crippen LogP contribution in [0.1, 0.15) is 31.1 Å². The number of hydrogen-bond donors (Lipinski definition) is 1.